The molecular weight excluding hydrogens is 354 g/mol. The number of nitrogens with one attached hydrogen (secondary N) is 2. The number of hydrogen-bond donors (Lipinski definition) is 2. The normalized spacial score (nSPS) is 14.3. The van der Waals surface area contributed by atoms with E-state index in [1.807, 2.05) is 0 Å². The number of carbonyl (C=O) groups is 1. The molecule has 0 spiro atoms. The number of rotatable bonds is 5. The van der Waals surface area contributed by atoms with Crippen LogP contribution in [-0.2, 0) is 10.0 Å². The van der Waals surface area contributed by atoms with E-state index in [0.717, 1.165) is 12.8 Å². The second-order valence-electron chi connectivity index (χ2n) is 6.28. The largest absolute Gasteiger partial charge is 0.451 e. The molecule has 7 nitrogen and oxygen atoms in total. The lowest BCUT2D eigenvalue weighted by Gasteiger charge is -2.07. The molecule has 1 aliphatic carbocycles. The number of nitrogens with zero attached hydrogens (tertiary/aromatic N) is 1. The molecule has 26 heavy (non-hydrogen) atoms. The third-order valence-electron chi connectivity index (χ3n) is 4.24. The molecule has 2 aromatic heterocycles. The highest BCUT2D eigenvalue weighted by molar-refractivity contribution is 7.92. The first-order valence-electron chi connectivity index (χ1n) is 8.22. The predicted octanol–water partition coefficient (Wildman–Crippen LogP) is 2.83. The molecule has 4 rings (SSSR count). The molecule has 0 atom stereocenters. The van der Waals surface area contributed by atoms with E-state index in [9.17, 15) is 13.2 Å². The van der Waals surface area contributed by atoms with Crippen LogP contribution in [0.2, 0.25) is 0 Å². The van der Waals surface area contributed by atoms with Crippen molar-refractivity contribution in [1.29, 1.82) is 0 Å². The van der Waals surface area contributed by atoms with Gasteiger partial charge in [0.15, 0.2) is 5.76 Å². The molecule has 2 N–H and O–H groups in total. The van der Waals surface area contributed by atoms with Crippen molar-refractivity contribution in [2.24, 2.45) is 0 Å². The number of carbonyl (C=O) groups excluding carboxylic acids is 1. The summed E-state index contributed by atoms with van der Waals surface area (Å²) in [5, 5.41) is 3.47. The van der Waals surface area contributed by atoms with Gasteiger partial charge >= 0.3 is 0 Å². The zero-order valence-electron chi connectivity index (χ0n) is 14.0. The number of fused-ring (bicyclic) bond motifs is 1. The Morgan fingerprint density at radius 2 is 2.04 bits per heavy atom. The second-order valence-corrected chi connectivity index (χ2v) is 7.96. The molecule has 2 heterocycles. The fourth-order valence-electron chi connectivity index (χ4n) is 2.68. The lowest BCUT2D eigenvalue weighted by Crippen LogP contribution is -2.25. The summed E-state index contributed by atoms with van der Waals surface area (Å²) in [6.45, 7) is 1.75. The quantitative estimate of drug-likeness (QED) is 0.718. The minimum atomic E-state index is -3.80. The number of hydrogen-bond acceptors (Lipinski definition) is 5. The van der Waals surface area contributed by atoms with Gasteiger partial charge in [-0.2, -0.15) is 0 Å². The Kier molecular flexibility index (Phi) is 3.91. The Morgan fingerprint density at radius 1 is 1.23 bits per heavy atom. The number of sulfonamides is 1. The lowest BCUT2D eigenvalue weighted by atomic mass is 10.1. The van der Waals surface area contributed by atoms with Crippen molar-refractivity contribution in [3.05, 3.63) is 53.9 Å². The molecule has 8 heteroatoms. The van der Waals surface area contributed by atoms with Crippen LogP contribution in [0.5, 0.6) is 0 Å². The fraction of sp³-hybridized carbons (Fsp3) is 0.222. The molecular formula is C18H17N3O4S. The van der Waals surface area contributed by atoms with Gasteiger partial charge in [-0.15, -0.1) is 0 Å². The molecule has 1 fully saturated rings. The molecule has 0 radical (unpaired) electrons. The summed E-state index contributed by atoms with van der Waals surface area (Å²) < 4.78 is 33.2. The van der Waals surface area contributed by atoms with Crippen molar-refractivity contribution in [2.75, 3.05) is 4.72 Å². The van der Waals surface area contributed by atoms with E-state index in [4.69, 9.17) is 4.42 Å². The maximum absolute atomic E-state index is 12.6. The van der Waals surface area contributed by atoms with Gasteiger partial charge < -0.3 is 9.73 Å². The van der Waals surface area contributed by atoms with Crippen LogP contribution in [0.3, 0.4) is 0 Å². The van der Waals surface area contributed by atoms with Gasteiger partial charge in [-0.05, 0) is 50.1 Å². The van der Waals surface area contributed by atoms with Crippen molar-refractivity contribution < 1.29 is 17.6 Å². The lowest BCUT2D eigenvalue weighted by molar-refractivity contribution is 0.0924. The van der Waals surface area contributed by atoms with Crippen molar-refractivity contribution in [2.45, 2.75) is 30.7 Å². The summed E-state index contributed by atoms with van der Waals surface area (Å²) in [6, 6.07) is 9.69. The standard InChI is InChI=1S/C18H17N3O4S/c1-11-14-10-13(26(23,24)21-16-4-2-3-9-19-16)7-8-15(14)25-17(11)18(22)20-12-5-6-12/h2-4,7-10,12H,5-6H2,1H3,(H,19,21)(H,20,22). The molecule has 3 aromatic rings. The first kappa shape index (κ1) is 16.6. The average Bonchev–Trinajstić information content (AvgIpc) is 3.37. The molecule has 1 aromatic carbocycles. The summed E-state index contributed by atoms with van der Waals surface area (Å²) in [6.07, 6.45) is 3.46. The SMILES string of the molecule is Cc1c(C(=O)NC2CC2)oc2ccc(S(=O)(=O)Nc3ccccn3)cc12. The van der Waals surface area contributed by atoms with Crippen LogP contribution in [0.1, 0.15) is 29.0 Å². The fourth-order valence-corrected chi connectivity index (χ4v) is 3.72. The third-order valence-corrected chi connectivity index (χ3v) is 5.59. The van der Waals surface area contributed by atoms with Gasteiger partial charge in [-0.1, -0.05) is 6.07 Å². The highest BCUT2D eigenvalue weighted by Gasteiger charge is 2.27. The summed E-state index contributed by atoms with van der Waals surface area (Å²) >= 11 is 0. The molecule has 1 aliphatic rings. The molecule has 0 saturated heterocycles. The second kappa shape index (κ2) is 6.14. The van der Waals surface area contributed by atoms with Crippen LogP contribution in [-0.4, -0.2) is 25.4 Å². The van der Waals surface area contributed by atoms with Crippen LogP contribution >= 0.6 is 0 Å². The number of anilines is 1. The monoisotopic (exact) mass is 371 g/mol. The van der Waals surface area contributed by atoms with Crippen molar-refractivity contribution >= 4 is 32.7 Å². The Bertz CT molecular complexity index is 1090. The Morgan fingerprint density at radius 3 is 2.73 bits per heavy atom. The maximum Gasteiger partial charge on any atom is 0.287 e. The van der Waals surface area contributed by atoms with Gasteiger partial charge in [0.05, 0.1) is 4.90 Å². The number of pyridine rings is 1. The molecule has 0 unspecified atom stereocenters. The predicted molar refractivity (Wildman–Crippen MR) is 96.5 cm³/mol. The topological polar surface area (TPSA) is 101 Å². The van der Waals surface area contributed by atoms with E-state index >= 15 is 0 Å². The van der Waals surface area contributed by atoms with E-state index in [-0.39, 0.29) is 28.4 Å². The van der Waals surface area contributed by atoms with Crippen LogP contribution in [0.4, 0.5) is 5.82 Å². The van der Waals surface area contributed by atoms with E-state index in [0.29, 0.717) is 16.5 Å². The van der Waals surface area contributed by atoms with Gasteiger partial charge in [-0.25, -0.2) is 13.4 Å². The minimum Gasteiger partial charge on any atom is -0.451 e. The van der Waals surface area contributed by atoms with Crippen LogP contribution in [0.25, 0.3) is 11.0 Å². The number of benzene rings is 1. The summed E-state index contributed by atoms with van der Waals surface area (Å²) in [7, 11) is -3.80. The van der Waals surface area contributed by atoms with Crippen LogP contribution in [0.15, 0.2) is 51.9 Å². The number of aryl methyl sites for hydroxylation is 1. The molecule has 0 bridgehead atoms. The highest BCUT2D eigenvalue weighted by Crippen LogP contribution is 2.29. The van der Waals surface area contributed by atoms with E-state index < -0.39 is 10.0 Å². The van der Waals surface area contributed by atoms with E-state index in [1.54, 1.807) is 31.2 Å². The van der Waals surface area contributed by atoms with E-state index in [1.165, 1.54) is 18.3 Å². The van der Waals surface area contributed by atoms with Crippen molar-refractivity contribution in [3.63, 3.8) is 0 Å². The molecule has 134 valence electrons. The minimum absolute atomic E-state index is 0.0775. The Labute approximate surface area is 150 Å². The molecule has 1 saturated carbocycles. The number of amides is 1. The smallest absolute Gasteiger partial charge is 0.287 e. The van der Waals surface area contributed by atoms with Crippen molar-refractivity contribution in [1.82, 2.24) is 10.3 Å². The summed E-state index contributed by atoms with van der Waals surface area (Å²) in [5.74, 6) is 0.192. The third kappa shape index (κ3) is 3.15. The zero-order chi connectivity index (χ0) is 18.3. The van der Waals surface area contributed by atoms with Gasteiger partial charge in [0.2, 0.25) is 0 Å². The average molecular weight is 371 g/mol. The van der Waals surface area contributed by atoms with Crippen LogP contribution in [0, 0.1) is 6.92 Å². The van der Waals surface area contributed by atoms with Crippen molar-refractivity contribution in [3.8, 4) is 0 Å². The molecule has 1 amide bonds. The Hall–Kier alpha value is -2.87. The Balaban J connectivity index is 1.68. The van der Waals surface area contributed by atoms with Gasteiger partial charge in [0, 0.05) is 23.2 Å². The van der Waals surface area contributed by atoms with Gasteiger partial charge in [-0.3, -0.25) is 9.52 Å². The van der Waals surface area contributed by atoms with Gasteiger partial charge in [0.1, 0.15) is 11.4 Å². The van der Waals surface area contributed by atoms with Gasteiger partial charge in [0.25, 0.3) is 15.9 Å². The summed E-state index contributed by atoms with van der Waals surface area (Å²) in [4.78, 5) is 16.3. The summed E-state index contributed by atoms with van der Waals surface area (Å²) in [5.41, 5.74) is 1.09. The zero-order valence-corrected chi connectivity index (χ0v) is 14.8. The molecule has 0 aliphatic heterocycles. The highest BCUT2D eigenvalue weighted by atomic mass is 32.2. The first-order valence-corrected chi connectivity index (χ1v) is 9.70. The number of aromatic nitrogens is 1. The first-order chi connectivity index (χ1) is 12.4. The van der Waals surface area contributed by atoms with Crippen LogP contribution < -0.4 is 10.0 Å². The number of furan rings is 1. The van der Waals surface area contributed by atoms with E-state index in [2.05, 4.69) is 15.0 Å². The maximum atomic E-state index is 12.6.